The first kappa shape index (κ1) is 43.9. The Balaban J connectivity index is 1.13. The molecule has 0 fully saturated rings. The van der Waals surface area contributed by atoms with Gasteiger partial charge in [0.1, 0.15) is 0 Å². The smallest absolute Gasteiger partial charge is 0.160 e. The zero-order chi connectivity index (χ0) is 49.3. The summed E-state index contributed by atoms with van der Waals surface area (Å²) >= 11 is 0. The lowest BCUT2D eigenvalue weighted by molar-refractivity contribution is 1.15. The van der Waals surface area contributed by atoms with E-state index in [4.69, 9.17) is 9.97 Å². The molecule has 0 aliphatic rings. The second-order valence-electron chi connectivity index (χ2n) is 19.7. The van der Waals surface area contributed by atoms with Gasteiger partial charge in [-0.05, 0) is 128 Å². The Morgan fingerprint density at radius 2 is 0.781 bits per heavy atom. The van der Waals surface area contributed by atoms with Crippen LogP contribution in [0, 0.1) is 34.6 Å². The van der Waals surface area contributed by atoms with Crippen LogP contribution in [0.1, 0.15) is 27.8 Å². The lowest BCUT2D eigenvalue weighted by Gasteiger charge is -2.20. The van der Waals surface area contributed by atoms with Crippen molar-refractivity contribution in [3.8, 4) is 78.7 Å². The van der Waals surface area contributed by atoms with Crippen molar-refractivity contribution in [1.82, 2.24) is 19.1 Å². The summed E-state index contributed by atoms with van der Waals surface area (Å²) in [6.07, 6.45) is 0. The molecule has 13 rings (SSSR count). The molecule has 0 aliphatic heterocycles. The quantitative estimate of drug-likeness (QED) is 0.152. The van der Waals surface area contributed by atoms with Crippen LogP contribution in [-0.4, -0.2) is 19.1 Å². The second kappa shape index (κ2) is 17.6. The van der Waals surface area contributed by atoms with E-state index in [1.807, 2.05) is 6.07 Å². The van der Waals surface area contributed by atoms with Crippen LogP contribution in [0.25, 0.3) is 122 Å². The van der Waals surface area contributed by atoms with Gasteiger partial charge in [0.25, 0.3) is 0 Å². The number of para-hydroxylation sites is 3. The monoisotopic (exact) mass is 936 g/mol. The van der Waals surface area contributed by atoms with Crippen LogP contribution < -0.4 is 0 Å². The predicted octanol–water partition coefficient (Wildman–Crippen LogP) is 18.2. The summed E-state index contributed by atoms with van der Waals surface area (Å²) in [5.41, 5.74) is 25.0. The lowest BCUT2D eigenvalue weighted by Crippen LogP contribution is -2.02. The molecule has 0 saturated heterocycles. The standard InChI is InChI=1S/C69H52N4/c1-43-28-32-53(45(3)36-43)50-30-34-65-58(39-50)59-40-52(68-46(4)37-44(2)38-47(68)5)31-35-66(59)73(65)67-41-51(61-42-60(48-18-8-6-9-19-48)70-69(71-61)49-20-10-7-11-21-49)29-33-57(67)56-24-14-17-27-64(56)72-62-25-15-12-22-54(62)55-23-13-16-26-63(55)72/h6-42H,1-5H3. The van der Waals surface area contributed by atoms with Gasteiger partial charge in [-0.3, -0.25) is 0 Å². The van der Waals surface area contributed by atoms with E-state index in [0.29, 0.717) is 5.82 Å². The van der Waals surface area contributed by atoms with Crippen LogP contribution in [0.15, 0.2) is 224 Å². The molecule has 0 aliphatic carbocycles. The predicted molar refractivity (Wildman–Crippen MR) is 307 cm³/mol. The molecule has 4 nitrogen and oxygen atoms in total. The molecule has 4 heteroatoms. The van der Waals surface area contributed by atoms with Gasteiger partial charge < -0.3 is 9.13 Å². The van der Waals surface area contributed by atoms with Crippen LogP contribution in [0.5, 0.6) is 0 Å². The summed E-state index contributed by atoms with van der Waals surface area (Å²) < 4.78 is 4.95. The average molecular weight is 937 g/mol. The van der Waals surface area contributed by atoms with Crippen LogP contribution >= 0.6 is 0 Å². The molecule has 0 amide bonds. The summed E-state index contributed by atoms with van der Waals surface area (Å²) in [6.45, 7) is 11.1. The van der Waals surface area contributed by atoms with E-state index >= 15 is 0 Å². The van der Waals surface area contributed by atoms with Crippen LogP contribution in [0.2, 0.25) is 0 Å². The normalized spacial score (nSPS) is 11.6. The molecule has 13 aromatic rings. The topological polar surface area (TPSA) is 35.6 Å². The van der Waals surface area contributed by atoms with E-state index in [-0.39, 0.29) is 0 Å². The number of fused-ring (bicyclic) bond motifs is 6. The molecule has 0 saturated carbocycles. The molecule has 0 spiro atoms. The van der Waals surface area contributed by atoms with Crippen molar-refractivity contribution in [2.24, 2.45) is 0 Å². The summed E-state index contributed by atoms with van der Waals surface area (Å²) in [4.78, 5) is 10.6. The molecule has 348 valence electrons. The van der Waals surface area contributed by atoms with Crippen molar-refractivity contribution < 1.29 is 0 Å². The Hall–Kier alpha value is -9.12. The molecule has 0 bridgehead atoms. The molecule has 0 radical (unpaired) electrons. The van der Waals surface area contributed by atoms with Crippen molar-refractivity contribution in [2.75, 3.05) is 0 Å². The fraction of sp³-hybridized carbons (Fsp3) is 0.0725. The Bertz CT molecular complexity index is 4170. The van der Waals surface area contributed by atoms with Gasteiger partial charge in [-0.2, -0.15) is 0 Å². The van der Waals surface area contributed by atoms with Crippen molar-refractivity contribution in [2.45, 2.75) is 34.6 Å². The molecular formula is C69H52N4. The highest BCUT2D eigenvalue weighted by molar-refractivity contribution is 6.13. The lowest BCUT2D eigenvalue weighted by atomic mass is 9.92. The summed E-state index contributed by atoms with van der Waals surface area (Å²) in [7, 11) is 0. The van der Waals surface area contributed by atoms with E-state index in [9.17, 15) is 0 Å². The van der Waals surface area contributed by atoms with E-state index in [2.05, 4.69) is 262 Å². The molecule has 0 unspecified atom stereocenters. The number of nitrogens with zero attached hydrogens (tertiary/aromatic N) is 4. The van der Waals surface area contributed by atoms with Crippen LogP contribution in [0.4, 0.5) is 0 Å². The van der Waals surface area contributed by atoms with Gasteiger partial charge >= 0.3 is 0 Å². The van der Waals surface area contributed by atoms with Gasteiger partial charge in [-0.1, -0.05) is 181 Å². The maximum atomic E-state index is 5.38. The first-order valence-corrected chi connectivity index (χ1v) is 25.2. The number of hydrogen-bond donors (Lipinski definition) is 0. The zero-order valence-corrected chi connectivity index (χ0v) is 41.7. The highest BCUT2D eigenvalue weighted by Gasteiger charge is 2.23. The average Bonchev–Trinajstić information content (AvgIpc) is 3.93. The van der Waals surface area contributed by atoms with E-state index in [0.717, 1.165) is 61.6 Å². The minimum Gasteiger partial charge on any atom is -0.309 e. The molecule has 0 N–H and O–H groups in total. The highest BCUT2D eigenvalue weighted by Crippen LogP contribution is 2.44. The van der Waals surface area contributed by atoms with E-state index in [1.165, 1.54) is 82.6 Å². The maximum Gasteiger partial charge on any atom is 0.160 e. The van der Waals surface area contributed by atoms with Crippen molar-refractivity contribution >= 4 is 43.6 Å². The van der Waals surface area contributed by atoms with Crippen molar-refractivity contribution in [3.05, 3.63) is 252 Å². The number of rotatable bonds is 8. The number of aryl methyl sites for hydroxylation is 5. The van der Waals surface area contributed by atoms with Gasteiger partial charge in [-0.15, -0.1) is 0 Å². The Kier molecular flexibility index (Phi) is 10.6. The Labute approximate surface area is 426 Å². The molecular weight excluding hydrogens is 885 g/mol. The highest BCUT2D eigenvalue weighted by atomic mass is 15.0. The summed E-state index contributed by atoms with van der Waals surface area (Å²) in [6, 6.07) is 81.9. The fourth-order valence-electron chi connectivity index (χ4n) is 11.6. The van der Waals surface area contributed by atoms with Gasteiger partial charge in [0.05, 0.1) is 44.8 Å². The Morgan fingerprint density at radius 3 is 1.45 bits per heavy atom. The van der Waals surface area contributed by atoms with E-state index in [1.54, 1.807) is 0 Å². The van der Waals surface area contributed by atoms with Gasteiger partial charge in [-0.25, -0.2) is 9.97 Å². The second-order valence-corrected chi connectivity index (χ2v) is 19.7. The fourth-order valence-corrected chi connectivity index (χ4v) is 11.6. The van der Waals surface area contributed by atoms with E-state index < -0.39 is 0 Å². The third kappa shape index (κ3) is 7.53. The molecule has 10 aromatic carbocycles. The third-order valence-corrected chi connectivity index (χ3v) is 14.8. The van der Waals surface area contributed by atoms with Gasteiger partial charge in [0.15, 0.2) is 5.82 Å². The minimum atomic E-state index is 0.685. The largest absolute Gasteiger partial charge is 0.309 e. The van der Waals surface area contributed by atoms with Gasteiger partial charge in [0.2, 0.25) is 0 Å². The third-order valence-electron chi connectivity index (χ3n) is 14.8. The molecule has 73 heavy (non-hydrogen) atoms. The number of benzene rings is 10. The molecule has 3 aromatic heterocycles. The minimum absolute atomic E-state index is 0.685. The van der Waals surface area contributed by atoms with Crippen molar-refractivity contribution in [1.29, 1.82) is 0 Å². The van der Waals surface area contributed by atoms with Gasteiger partial charge in [0, 0.05) is 49.4 Å². The Morgan fingerprint density at radius 1 is 0.288 bits per heavy atom. The maximum absolute atomic E-state index is 5.38. The van der Waals surface area contributed by atoms with Crippen LogP contribution in [-0.2, 0) is 0 Å². The number of hydrogen-bond acceptors (Lipinski definition) is 2. The zero-order valence-electron chi connectivity index (χ0n) is 41.7. The van der Waals surface area contributed by atoms with Crippen LogP contribution in [0.3, 0.4) is 0 Å². The first-order valence-electron chi connectivity index (χ1n) is 25.2. The van der Waals surface area contributed by atoms with Crippen molar-refractivity contribution in [3.63, 3.8) is 0 Å². The SMILES string of the molecule is Cc1ccc(-c2ccc3c(c2)c2cc(-c4c(C)cc(C)cc4C)ccc2n3-c2cc(-c3cc(-c4ccccc4)nc(-c4ccccc4)n3)ccc2-c2ccccc2-n2c3ccccc3c3ccccc32)c(C)c1. The summed E-state index contributed by atoms with van der Waals surface area (Å²) in [5, 5.41) is 4.86. The number of aromatic nitrogens is 4. The first-order chi connectivity index (χ1) is 35.8. The molecule has 0 atom stereocenters. The molecule has 3 heterocycles. The summed E-state index contributed by atoms with van der Waals surface area (Å²) in [5.74, 6) is 0.685.